The second-order valence-electron chi connectivity index (χ2n) is 4.28. The lowest BCUT2D eigenvalue weighted by molar-refractivity contribution is 0.802. The molecule has 5 nitrogen and oxygen atoms in total. The molecular weight excluding hydrogens is 258 g/mol. The van der Waals surface area contributed by atoms with Crippen LogP contribution in [-0.2, 0) is 0 Å². The number of nitrogens with one attached hydrogen (secondary N) is 1. The Morgan fingerprint density at radius 3 is 2.68 bits per heavy atom. The van der Waals surface area contributed by atoms with Crippen molar-refractivity contribution in [2.24, 2.45) is 0 Å². The van der Waals surface area contributed by atoms with Gasteiger partial charge in [0.1, 0.15) is 28.5 Å². The quantitative estimate of drug-likeness (QED) is 0.846. The van der Waals surface area contributed by atoms with E-state index in [0.717, 1.165) is 28.0 Å². The van der Waals surface area contributed by atoms with Gasteiger partial charge in [-0.05, 0) is 30.7 Å². The fraction of sp³-hybridized carbons (Fsp3) is 0.385. The summed E-state index contributed by atoms with van der Waals surface area (Å²) in [6.07, 6.45) is 4.87. The SMILES string of the molecule is CCNc1ncnc(Sc2ccncn2)c1C(C)C. The summed E-state index contributed by atoms with van der Waals surface area (Å²) in [6, 6.07) is 1.88. The molecule has 0 aliphatic carbocycles. The largest absolute Gasteiger partial charge is 0.370 e. The zero-order valence-electron chi connectivity index (χ0n) is 11.3. The number of anilines is 1. The van der Waals surface area contributed by atoms with E-state index in [4.69, 9.17) is 0 Å². The van der Waals surface area contributed by atoms with Gasteiger partial charge >= 0.3 is 0 Å². The number of aromatic nitrogens is 4. The molecule has 6 heteroatoms. The van der Waals surface area contributed by atoms with E-state index < -0.39 is 0 Å². The highest BCUT2D eigenvalue weighted by atomic mass is 32.2. The topological polar surface area (TPSA) is 63.6 Å². The highest BCUT2D eigenvalue weighted by molar-refractivity contribution is 7.99. The molecule has 100 valence electrons. The maximum absolute atomic E-state index is 4.39. The van der Waals surface area contributed by atoms with Crippen LogP contribution in [0.15, 0.2) is 35.0 Å². The minimum absolute atomic E-state index is 0.347. The van der Waals surface area contributed by atoms with Crippen molar-refractivity contribution in [3.05, 3.63) is 30.5 Å². The molecule has 0 atom stereocenters. The normalized spacial score (nSPS) is 10.7. The highest BCUT2D eigenvalue weighted by Gasteiger charge is 2.15. The molecule has 0 radical (unpaired) electrons. The van der Waals surface area contributed by atoms with Crippen LogP contribution >= 0.6 is 11.8 Å². The van der Waals surface area contributed by atoms with E-state index >= 15 is 0 Å². The minimum atomic E-state index is 0.347. The molecule has 0 aromatic carbocycles. The Kier molecular flexibility index (Phi) is 4.68. The summed E-state index contributed by atoms with van der Waals surface area (Å²) in [4.78, 5) is 16.9. The van der Waals surface area contributed by atoms with Gasteiger partial charge in [-0.15, -0.1) is 0 Å². The summed E-state index contributed by atoms with van der Waals surface area (Å²) < 4.78 is 0. The van der Waals surface area contributed by atoms with Gasteiger partial charge in [-0.3, -0.25) is 0 Å². The Balaban J connectivity index is 2.36. The average Bonchev–Trinajstić information content (AvgIpc) is 2.40. The standard InChI is InChI=1S/C13H17N5S/c1-4-15-12-11(9(2)3)13(18-8-17-12)19-10-5-6-14-7-16-10/h5-9H,4H2,1-3H3,(H,15,17,18). The van der Waals surface area contributed by atoms with Crippen LogP contribution in [0, 0.1) is 0 Å². The van der Waals surface area contributed by atoms with Gasteiger partial charge < -0.3 is 5.32 Å². The summed E-state index contributed by atoms with van der Waals surface area (Å²) in [5.74, 6) is 1.25. The zero-order valence-corrected chi connectivity index (χ0v) is 12.1. The van der Waals surface area contributed by atoms with Crippen molar-refractivity contribution in [2.75, 3.05) is 11.9 Å². The fourth-order valence-electron chi connectivity index (χ4n) is 1.73. The van der Waals surface area contributed by atoms with E-state index in [1.165, 1.54) is 0 Å². The van der Waals surface area contributed by atoms with Crippen LogP contribution < -0.4 is 5.32 Å². The van der Waals surface area contributed by atoms with Crippen molar-refractivity contribution >= 4 is 17.6 Å². The van der Waals surface area contributed by atoms with Gasteiger partial charge in [0, 0.05) is 18.3 Å². The smallest absolute Gasteiger partial charge is 0.133 e. The first-order valence-electron chi connectivity index (χ1n) is 6.25. The van der Waals surface area contributed by atoms with Gasteiger partial charge in [0.05, 0.1) is 0 Å². The van der Waals surface area contributed by atoms with Gasteiger partial charge in [-0.2, -0.15) is 0 Å². The third-order valence-corrected chi connectivity index (χ3v) is 3.49. The van der Waals surface area contributed by atoms with E-state index in [1.807, 2.05) is 6.07 Å². The summed E-state index contributed by atoms with van der Waals surface area (Å²) in [5, 5.41) is 5.12. The molecule has 1 N–H and O–H groups in total. The van der Waals surface area contributed by atoms with Crippen LogP contribution in [0.1, 0.15) is 32.3 Å². The van der Waals surface area contributed by atoms with Crippen molar-refractivity contribution < 1.29 is 0 Å². The number of hydrogen-bond acceptors (Lipinski definition) is 6. The van der Waals surface area contributed by atoms with Gasteiger partial charge in [0.25, 0.3) is 0 Å². The molecule has 2 rings (SSSR count). The minimum Gasteiger partial charge on any atom is -0.370 e. The predicted molar refractivity (Wildman–Crippen MR) is 76.4 cm³/mol. The lowest BCUT2D eigenvalue weighted by Crippen LogP contribution is -2.07. The van der Waals surface area contributed by atoms with E-state index in [1.54, 1.807) is 30.6 Å². The third kappa shape index (κ3) is 3.41. The van der Waals surface area contributed by atoms with Gasteiger partial charge in [-0.25, -0.2) is 19.9 Å². The molecule has 0 saturated carbocycles. The first-order chi connectivity index (χ1) is 9.22. The summed E-state index contributed by atoms with van der Waals surface area (Å²) in [7, 11) is 0. The van der Waals surface area contributed by atoms with Crippen LogP contribution in [-0.4, -0.2) is 26.5 Å². The van der Waals surface area contributed by atoms with Crippen molar-refractivity contribution in [2.45, 2.75) is 36.7 Å². The monoisotopic (exact) mass is 275 g/mol. The van der Waals surface area contributed by atoms with E-state index in [2.05, 4.69) is 46.0 Å². The Labute approximate surface area is 117 Å². The van der Waals surface area contributed by atoms with E-state index in [9.17, 15) is 0 Å². The molecule has 0 fully saturated rings. The van der Waals surface area contributed by atoms with Crippen LogP contribution in [0.2, 0.25) is 0 Å². The Bertz CT molecular complexity index is 530. The van der Waals surface area contributed by atoms with Crippen molar-refractivity contribution in [1.82, 2.24) is 19.9 Å². The second kappa shape index (κ2) is 6.47. The number of rotatable bonds is 5. The van der Waals surface area contributed by atoms with E-state index in [-0.39, 0.29) is 0 Å². The van der Waals surface area contributed by atoms with Crippen molar-refractivity contribution in [1.29, 1.82) is 0 Å². The maximum atomic E-state index is 4.39. The van der Waals surface area contributed by atoms with Crippen molar-refractivity contribution in [3.8, 4) is 0 Å². The van der Waals surface area contributed by atoms with Crippen LogP contribution in [0.25, 0.3) is 0 Å². The summed E-state index contributed by atoms with van der Waals surface area (Å²) in [5.41, 5.74) is 1.13. The van der Waals surface area contributed by atoms with Crippen LogP contribution in [0.5, 0.6) is 0 Å². The second-order valence-corrected chi connectivity index (χ2v) is 5.28. The molecule has 0 amide bonds. The highest BCUT2D eigenvalue weighted by Crippen LogP contribution is 2.34. The maximum Gasteiger partial charge on any atom is 0.133 e. The van der Waals surface area contributed by atoms with Crippen LogP contribution in [0.3, 0.4) is 0 Å². The first-order valence-corrected chi connectivity index (χ1v) is 7.06. The average molecular weight is 275 g/mol. The molecule has 2 aromatic rings. The van der Waals surface area contributed by atoms with Gasteiger partial charge in [0.2, 0.25) is 0 Å². The summed E-state index contributed by atoms with van der Waals surface area (Å²) in [6.45, 7) is 7.19. The molecule has 0 aliphatic heterocycles. The molecule has 0 bridgehead atoms. The fourth-order valence-corrected chi connectivity index (χ4v) is 2.70. The number of hydrogen-bond donors (Lipinski definition) is 1. The van der Waals surface area contributed by atoms with Crippen LogP contribution in [0.4, 0.5) is 5.82 Å². The van der Waals surface area contributed by atoms with Gasteiger partial charge in [0.15, 0.2) is 0 Å². The zero-order chi connectivity index (χ0) is 13.7. The molecule has 2 aromatic heterocycles. The lowest BCUT2D eigenvalue weighted by atomic mass is 10.1. The molecule has 0 spiro atoms. The number of nitrogens with zero attached hydrogens (tertiary/aromatic N) is 4. The van der Waals surface area contributed by atoms with Gasteiger partial charge in [-0.1, -0.05) is 13.8 Å². The summed E-state index contributed by atoms with van der Waals surface area (Å²) >= 11 is 1.54. The molecule has 2 heterocycles. The van der Waals surface area contributed by atoms with Crippen molar-refractivity contribution in [3.63, 3.8) is 0 Å². The first kappa shape index (κ1) is 13.7. The Morgan fingerprint density at radius 1 is 1.21 bits per heavy atom. The third-order valence-electron chi connectivity index (χ3n) is 2.52. The van der Waals surface area contributed by atoms with E-state index in [0.29, 0.717) is 5.92 Å². The Morgan fingerprint density at radius 2 is 2.05 bits per heavy atom. The lowest BCUT2D eigenvalue weighted by Gasteiger charge is -2.15. The Hall–Kier alpha value is -1.69. The predicted octanol–water partition coefficient (Wildman–Crippen LogP) is 2.97. The molecule has 0 aliphatic rings. The molecule has 0 saturated heterocycles. The molecule has 0 unspecified atom stereocenters. The molecular formula is C13H17N5S. The molecule has 19 heavy (non-hydrogen) atoms.